The highest BCUT2D eigenvalue weighted by Crippen LogP contribution is 2.38. The van der Waals surface area contributed by atoms with Crippen LogP contribution in [0.2, 0.25) is 0 Å². The number of piperazine rings is 1. The molecule has 6 rings (SSSR count). The van der Waals surface area contributed by atoms with Crippen LogP contribution in [0, 0.1) is 0 Å². The Bertz CT molecular complexity index is 1250. The van der Waals surface area contributed by atoms with E-state index in [0.717, 1.165) is 55.9 Å². The molecule has 9 nitrogen and oxygen atoms in total. The van der Waals surface area contributed by atoms with Crippen molar-refractivity contribution in [1.29, 1.82) is 0 Å². The zero-order valence-electron chi connectivity index (χ0n) is 20.0. The Balaban J connectivity index is 1.38. The number of aromatic nitrogens is 3. The van der Waals surface area contributed by atoms with Crippen molar-refractivity contribution >= 4 is 23.4 Å². The Kier molecular flexibility index (Phi) is 5.54. The molecule has 3 atom stereocenters. The van der Waals surface area contributed by atoms with E-state index >= 15 is 0 Å². The fraction of sp³-hybridized carbons (Fsp3) is 0.462. The number of nitrogens with one attached hydrogen (secondary N) is 2. The molecule has 3 aromatic rings. The molecule has 182 valence electrons. The van der Waals surface area contributed by atoms with Gasteiger partial charge in [-0.25, -0.2) is 14.8 Å². The van der Waals surface area contributed by atoms with Gasteiger partial charge in [0.25, 0.3) is 0 Å². The van der Waals surface area contributed by atoms with Crippen molar-refractivity contribution in [3.8, 4) is 0 Å². The number of anilines is 1. The number of carbonyl (C=O) groups is 2. The Morgan fingerprint density at radius 1 is 1.06 bits per heavy atom. The summed E-state index contributed by atoms with van der Waals surface area (Å²) < 4.78 is 2.23. The molecule has 2 saturated heterocycles. The summed E-state index contributed by atoms with van der Waals surface area (Å²) in [5, 5.41) is 6.17. The van der Waals surface area contributed by atoms with Crippen molar-refractivity contribution in [1.82, 2.24) is 29.9 Å². The third-order valence-electron chi connectivity index (χ3n) is 7.75. The van der Waals surface area contributed by atoms with Crippen LogP contribution in [-0.4, -0.2) is 69.5 Å². The van der Waals surface area contributed by atoms with Gasteiger partial charge in [-0.15, -0.1) is 0 Å². The number of imidazole rings is 1. The van der Waals surface area contributed by atoms with E-state index in [4.69, 9.17) is 9.97 Å². The molecule has 0 spiro atoms. The number of benzene rings is 1. The van der Waals surface area contributed by atoms with Crippen molar-refractivity contribution in [3.63, 3.8) is 0 Å². The van der Waals surface area contributed by atoms with Gasteiger partial charge in [-0.05, 0) is 24.8 Å². The predicted octanol–water partition coefficient (Wildman–Crippen LogP) is 2.31. The van der Waals surface area contributed by atoms with Gasteiger partial charge in [0.2, 0.25) is 5.91 Å². The minimum absolute atomic E-state index is 0.0560. The lowest BCUT2D eigenvalue weighted by atomic mass is 9.80. The van der Waals surface area contributed by atoms with E-state index in [2.05, 4.69) is 44.2 Å². The first-order valence-electron chi connectivity index (χ1n) is 12.5. The number of urea groups is 1. The maximum atomic E-state index is 11.9. The van der Waals surface area contributed by atoms with Crippen molar-refractivity contribution < 1.29 is 9.59 Å². The van der Waals surface area contributed by atoms with E-state index in [9.17, 15) is 9.59 Å². The second kappa shape index (κ2) is 8.87. The van der Waals surface area contributed by atoms with Crippen LogP contribution in [0.1, 0.15) is 49.1 Å². The molecule has 3 unspecified atom stereocenters. The number of hydrogen-bond acceptors (Lipinski definition) is 5. The van der Waals surface area contributed by atoms with Crippen molar-refractivity contribution in [2.24, 2.45) is 0 Å². The quantitative estimate of drug-likeness (QED) is 0.606. The van der Waals surface area contributed by atoms with Crippen LogP contribution in [0.15, 0.2) is 42.7 Å². The molecule has 0 bridgehead atoms. The Labute approximate surface area is 204 Å². The van der Waals surface area contributed by atoms with Gasteiger partial charge in [-0.2, -0.15) is 0 Å². The van der Waals surface area contributed by atoms with Gasteiger partial charge in [-0.1, -0.05) is 30.3 Å². The van der Waals surface area contributed by atoms with Gasteiger partial charge in [0.1, 0.15) is 0 Å². The molecule has 3 amide bonds. The molecule has 2 N–H and O–H groups in total. The summed E-state index contributed by atoms with van der Waals surface area (Å²) in [6, 6.07) is 10.8. The summed E-state index contributed by atoms with van der Waals surface area (Å²) in [6.45, 7) is 4.50. The molecule has 2 aromatic heterocycles. The molecule has 3 fully saturated rings. The zero-order valence-corrected chi connectivity index (χ0v) is 20.0. The zero-order chi connectivity index (χ0) is 23.9. The Morgan fingerprint density at radius 3 is 2.60 bits per heavy atom. The Morgan fingerprint density at radius 2 is 1.83 bits per heavy atom. The lowest BCUT2D eigenvalue weighted by molar-refractivity contribution is -0.129. The van der Waals surface area contributed by atoms with E-state index in [1.807, 2.05) is 23.4 Å². The summed E-state index contributed by atoms with van der Waals surface area (Å²) in [5.74, 6) is 1.30. The second-order valence-corrected chi connectivity index (χ2v) is 9.88. The summed E-state index contributed by atoms with van der Waals surface area (Å²) in [7, 11) is 0. The first-order chi connectivity index (χ1) is 17.1. The molecule has 35 heavy (non-hydrogen) atoms. The van der Waals surface area contributed by atoms with Crippen molar-refractivity contribution in [2.45, 2.75) is 50.6 Å². The number of nitrogens with zero attached hydrogens (tertiary/aromatic N) is 5. The average molecular weight is 474 g/mol. The van der Waals surface area contributed by atoms with Crippen LogP contribution in [0.25, 0.3) is 5.65 Å². The molecule has 1 aromatic carbocycles. The maximum absolute atomic E-state index is 11.9. The normalized spacial score (nSPS) is 24.3. The molecule has 1 saturated carbocycles. The van der Waals surface area contributed by atoms with Crippen molar-refractivity contribution in [3.05, 3.63) is 59.7 Å². The third kappa shape index (κ3) is 4.09. The SMILES string of the molecule is CC(=O)N1CCN(c2nccn3c(C4CCC5NC(=O)NC5C4)c(Cc4ccccc4)nc23)CC1. The molecule has 0 radical (unpaired) electrons. The van der Waals surface area contributed by atoms with Crippen LogP contribution in [0.3, 0.4) is 0 Å². The van der Waals surface area contributed by atoms with Crippen LogP contribution in [0.5, 0.6) is 0 Å². The van der Waals surface area contributed by atoms with Gasteiger partial charge in [0, 0.05) is 63.5 Å². The number of fused-ring (bicyclic) bond motifs is 2. The van der Waals surface area contributed by atoms with Crippen molar-refractivity contribution in [2.75, 3.05) is 31.1 Å². The van der Waals surface area contributed by atoms with Gasteiger partial charge in [0.15, 0.2) is 11.5 Å². The lowest BCUT2D eigenvalue weighted by Crippen LogP contribution is -2.48. The van der Waals surface area contributed by atoms with E-state index in [0.29, 0.717) is 19.0 Å². The standard InChI is InChI=1S/C26H31N7O2/c1-17(34)31-11-13-32(14-12-31)24-25-28-22(15-18-5-3-2-4-6-18)23(33(25)10-9-27-24)19-7-8-20-21(16-19)30-26(35)29-20/h2-6,9-10,19-21H,7-8,11-16H2,1H3,(H2,29,30,35). The van der Waals surface area contributed by atoms with Crippen LogP contribution in [0.4, 0.5) is 10.6 Å². The molecular formula is C26H31N7O2. The number of amides is 3. The van der Waals surface area contributed by atoms with E-state index in [-0.39, 0.29) is 24.0 Å². The monoisotopic (exact) mass is 473 g/mol. The molecule has 2 aliphatic heterocycles. The first kappa shape index (κ1) is 21.9. The minimum atomic E-state index is -0.0560. The molecular weight excluding hydrogens is 442 g/mol. The second-order valence-electron chi connectivity index (χ2n) is 9.88. The molecule has 1 aliphatic carbocycles. The van der Waals surface area contributed by atoms with E-state index < -0.39 is 0 Å². The smallest absolute Gasteiger partial charge is 0.315 e. The highest BCUT2D eigenvalue weighted by molar-refractivity contribution is 5.77. The van der Waals surface area contributed by atoms with Gasteiger partial charge in [0.05, 0.1) is 17.8 Å². The summed E-state index contributed by atoms with van der Waals surface area (Å²) in [6.07, 6.45) is 7.50. The highest BCUT2D eigenvalue weighted by atomic mass is 16.2. The van der Waals surface area contributed by atoms with E-state index in [1.54, 1.807) is 6.92 Å². The molecule has 9 heteroatoms. The molecule has 4 heterocycles. The average Bonchev–Trinajstić information content (AvgIpc) is 3.43. The highest BCUT2D eigenvalue weighted by Gasteiger charge is 2.39. The number of rotatable bonds is 4. The topological polar surface area (TPSA) is 94.9 Å². The van der Waals surface area contributed by atoms with Crippen LogP contribution < -0.4 is 15.5 Å². The summed E-state index contributed by atoms with van der Waals surface area (Å²) >= 11 is 0. The lowest BCUT2D eigenvalue weighted by Gasteiger charge is -2.35. The number of carbonyl (C=O) groups excluding carboxylic acids is 2. The third-order valence-corrected chi connectivity index (χ3v) is 7.75. The van der Waals surface area contributed by atoms with E-state index in [1.165, 1.54) is 11.3 Å². The molecule has 3 aliphatic rings. The number of hydrogen-bond donors (Lipinski definition) is 2. The fourth-order valence-electron chi connectivity index (χ4n) is 5.97. The van der Waals surface area contributed by atoms with Gasteiger partial charge < -0.3 is 20.4 Å². The minimum Gasteiger partial charge on any atom is -0.350 e. The summed E-state index contributed by atoms with van der Waals surface area (Å²) in [4.78, 5) is 37.8. The predicted molar refractivity (Wildman–Crippen MR) is 133 cm³/mol. The Hall–Kier alpha value is -3.62. The van der Waals surface area contributed by atoms with Gasteiger partial charge >= 0.3 is 6.03 Å². The first-order valence-corrected chi connectivity index (χ1v) is 12.5. The maximum Gasteiger partial charge on any atom is 0.315 e. The van der Waals surface area contributed by atoms with Gasteiger partial charge in [-0.3, -0.25) is 9.20 Å². The van der Waals surface area contributed by atoms with Crippen LogP contribution >= 0.6 is 0 Å². The van der Waals surface area contributed by atoms with Crippen LogP contribution in [-0.2, 0) is 11.2 Å². The fourth-order valence-corrected chi connectivity index (χ4v) is 5.97. The summed E-state index contributed by atoms with van der Waals surface area (Å²) in [5.41, 5.74) is 4.41. The largest absolute Gasteiger partial charge is 0.350 e.